The molecule has 1 aliphatic rings. The van der Waals surface area contributed by atoms with Crippen LogP contribution in [0.1, 0.15) is 41.4 Å². The summed E-state index contributed by atoms with van der Waals surface area (Å²) in [7, 11) is 0. The van der Waals surface area contributed by atoms with Crippen molar-refractivity contribution in [2.24, 2.45) is 0 Å². The molecule has 2 aromatic heterocycles. The van der Waals surface area contributed by atoms with E-state index in [1.807, 2.05) is 41.3 Å². The molecule has 1 N–H and O–H groups in total. The van der Waals surface area contributed by atoms with Crippen LogP contribution in [0, 0.1) is 0 Å². The molecular weight excluding hydrogens is 352 g/mol. The number of carbonyl (C=O) groups excluding carboxylic acids is 1. The molecule has 6 nitrogen and oxygen atoms in total. The Bertz CT molecular complexity index is 941. The van der Waals surface area contributed by atoms with Gasteiger partial charge in [-0.2, -0.15) is 0 Å². The molecule has 0 aliphatic carbocycles. The second-order valence-electron chi connectivity index (χ2n) is 7.09. The first kappa shape index (κ1) is 18.5. The Morgan fingerprint density at radius 3 is 2.79 bits per heavy atom. The van der Waals surface area contributed by atoms with Crippen molar-refractivity contribution >= 4 is 5.91 Å². The highest BCUT2D eigenvalue weighted by molar-refractivity contribution is 6.00. The minimum atomic E-state index is 0.00801. The predicted octanol–water partition coefficient (Wildman–Crippen LogP) is 3.71. The van der Waals surface area contributed by atoms with Gasteiger partial charge in [-0.15, -0.1) is 0 Å². The molecule has 6 heteroatoms. The van der Waals surface area contributed by atoms with E-state index in [0.29, 0.717) is 31.0 Å². The summed E-state index contributed by atoms with van der Waals surface area (Å²) >= 11 is 0. The number of aromatic nitrogens is 2. The van der Waals surface area contributed by atoms with Gasteiger partial charge in [-0.25, -0.2) is 4.98 Å². The van der Waals surface area contributed by atoms with Crippen molar-refractivity contribution in [3.63, 3.8) is 0 Å². The highest BCUT2D eigenvalue weighted by atomic mass is 16.3. The summed E-state index contributed by atoms with van der Waals surface area (Å²) in [5.41, 5.74) is 3.64. The van der Waals surface area contributed by atoms with Gasteiger partial charge < -0.3 is 14.3 Å². The standard InChI is InChI=1S/C22H26N4O2/c1-3-25(4-2)13-17-12-18(21(28-17)16-8-6-5-7-9-16)22(27)26-11-10-19-20(14-26)24-15-23-19/h5-9,12,15H,3-4,10-11,13-14H2,1-2H3,(H,23,24). The van der Waals surface area contributed by atoms with Crippen LogP contribution in [0.5, 0.6) is 0 Å². The number of benzene rings is 1. The zero-order valence-electron chi connectivity index (χ0n) is 16.4. The fraction of sp³-hybridized carbons (Fsp3) is 0.364. The van der Waals surface area contributed by atoms with Gasteiger partial charge in [0.2, 0.25) is 0 Å². The Balaban J connectivity index is 1.66. The van der Waals surface area contributed by atoms with Crippen LogP contribution in [-0.2, 0) is 19.5 Å². The summed E-state index contributed by atoms with van der Waals surface area (Å²) in [5.74, 6) is 1.49. The molecule has 0 saturated heterocycles. The van der Waals surface area contributed by atoms with E-state index in [-0.39, 0.29) is 5.91 Å². The lowest BCUT2D eigenvalue weighted by Gasteiger charge is -2.26. The number of furan rings is 1. The molecule has 4 rings (SSSR count). The van der Waals surface area contributed by atoms with Gasteiger partial charge in [0, 0.05) is 18.5 Å². The zero-order chi connectivity index (χ0) is 19.5. The number of nitrogens with zero attached hydrogens (tertiary/aromatic N) is 3. The monoisotopic (exact) mass is 378 g/mol. The maximum absolute atomic E-state index is 13.4. The summed E-state index contributed by atoms with van der Waals surface area (Å²) in [6.45, 7) is 8.07. The summed E-state index contributed by atoms with van der Waals surface area (Å²) in [4.78, 5) is 25.0. The van der Waals surface area contributed by atoms with Gasteiger partial charge in [0.05, 0.1) is 36.4 Å². The molecule has 28 heavy (non-hydrogen) atoms. The van der Waals surface area contributed by atoms with Crippen molar-refractivity contribution < 1.29 is 9.21 Å². The third kappa shape index (κ3) is 3.60. The largest absolute Gasteiger partial charge is 0.459 e. The highest BCUT2D eigenvalue weighted by Crippen LogP contribution is 2.30. The molecule has 1 amide bonds. The zero-order valence-corrected chi connectivity index (χ0v) is 16.4. The molecule has 3 aromatic rings. The molecular formula is C22H26N4O2. The lowest BCUT2D eigenvalue weighted by atomic mass is 10.1. The Morgan fingerprint density at radius 2 is 2.04 bits per heavy atom. The van der Waals surface area contributed by atoms with E-state index in [1.165, 1.54) is 0 Å². The number of H-pyrrole nitrogens is 1. The van der Waals surface area contributed by atoms with Crippen LogP contribution in [0.3, 0.4) is 0 Å². The summed E-state index contributed by atoms with van der Waals surface area (Å²) in [6, 6.07) is 11.8. The second-order valence-corrected chi connectivity index (χ2v) is 7.09. The van der Waals surface area contributed by atoms with Crippen LogP contribution in [0.2, 0.25) is 0 Å². The third-order valence-corrected chi connectivity index (χ3v) is 5.39. The van der Waals surface area contributed by atoms with Crippen LogP contribution in [-0.4, -0.2) is 45.3 Å². The number of carbonyl (C=O) groups is 1. The number of rotatable bonds is 6. The first-order valence-corrected chi connectivity index (χ1v) is 9.90. The molecule has 0 bridgehead atoms. The third-order valence-electron chi connectivity index (χ3n) is 5.39. The quantitative estimate of drug-likeness (QED) is 0.710. The minimum absolute atomic E-state index is 0.00801. The average Bonchev–Trinajstić information content (AvgIpc) is 3.38. The van der Waals surface area contributed by atoms with E-state index in [4.69, 9.17) is 4.42 Å². The van der Waals surface area contributed by atoms with Gasteiger partial charge in [-0.1, -0.05) is 44.2 Å². The summed E-state index contributed by atoms with van der Waals surface area (Å²) in [6.07, 6.45) is 2.48. The van der Waals surface area contributed by atoms with Crippen LogP contribution in [0.4, 0.5) is 0 Å². The molecule has 146 valence electrons. The average molecular weight is 378 g/mol. The number of fused-ring (bicyclic) bond motifs is 1. The molecule has 0 radical (unpaired) electrons. The van der Waals surface area contributed by atoms with Gasteiger partial charge >= 0.3 is 0 Å². The van der Waals surface area contributed by atoms with Crippen LogP contribution < -0.4 is 0 Å². The van der Waals surface area contributed by atoms with Crippen LogP contribution in [0.25, 0.3) is 11.3 Å². The Labute approximate surface area is 165 Å². The number of nitrogens with one attached hydrogen (secondary N) is 1. The fourth-order valence-corrected chi connectivity index (χ4v) is 3.71. The summed E-state index contributed by atoms with van der Waals surface area (Å²) < 4.78 is 6.19. The van der Waals surface area contributed by atoms with Crippen molar-refractivity contribution in [1.29, 1.82) is 0 Å². The SMILES string of the molecule is CCN(CC)Cc1cc(C(=O)N2CCc3nc[nH]c3C2)c(-c2ccccc2)o1. The second kappa shape index (κ2) is 8.02. The van der Waals surface area contributed by atoms with Crippen molar-refractivity contribution in [1.82, 2.24) is 19.8 Å². The maximum atomic E-state index is 13.4. The van der Waals surface area contributed by atoms with E-state index in [9.17, 15) is 4.79 Å². The number of imidazole rings is 1. The first-order valence-electron chi connectivity index (χ1n) is 9.90. The van der Waals surface area contributed by atoms with Crippen molar-refractivity contribution in [3.05, 3.63) is 65.4 Å². The maximum Gasteiger partial charge on any atom is 0.258 e. The lowest BCUT2D eigenvalue weighted by molar-refractivity contribution is 0.0732. The van der Waals surface area contributed by atoms with Crippen molar-refractivity contribution in [2.45, 2.75) is 33.4 Å². The number of hydrogen-bond acceptors (Lipinski definition) is 4. The van der Waals surface area contributed by atoms with E-state index in [1.54, 1.807) is 6.33 Å². The molecule has 1 aliphatic heterocycles. The molecule has 3 heterocycles. The molecule has 0 unspecified atom stereocenters. The van der Waals surface area contributed by atoms with E-state index >= 15 is 0 Å². The van der Waals surface area contributed by atoms with E-state index in [0.717, 1.165) is 42.2 Å². The molecule has 0 fully saturated rings. The Kier molecular flexibility index (Phi) is 5.30. The van der Waals surface area contributed by atoms with Crippen molar-refractivity contribution in [2.75, 3.05) is 19.6 Å². The Hall–Kier alpha value is -2.86. The number of amides is 1. The van der Waals surface area contributed by atoms with E-state index < -0.39 is 0 Å². The minimum Gasteiger partial charge on any atom is -0.459 e. The highest BCUT2D eigenvalue weighted by Gasteiger charge is 2.28. The topological polar surface area (TPSA) is 65.4 Å². The van der Waals surface area contributed by atoms with Crippen molar-refractivity contribution in [3.8, 4) is 11.3 Å². The van der Waals surface area contributed by atoms with E-state index in [2.05, 4.69) is 28.7 Å². The van der Waals surface area contributed by atoms with Crippen LogP contribution in [0.15, 0.2) is 47.1 Å². The lowest BCUT2D eigenvalue weighted by Crippen LogP contribution is -2.36. The number of hydrogen-bond donors (Lipinski definition) is 1. The normalized spacial score (nSPS) is 13.8. The molecule has 0 atom stereocenters. The van der Waals surface area contributed by atoms with Crippen LogP contribution >= 0.6 is 0 Å². The molecule has 1 aromatic carbocycles. The molecule has 0 saturated carbocycles. The fourth-order valence-electron chi connectivity index (χ4n) is 3.71. The van der Waals surface area contributed by atoms with Gasteiger partial charge in [-0.05, 0) is 19.2 Å². The van der Waals surface area contributed by atoms with Gasteiger partial charge in [0.25, 0.3) is 5.91 Å². The van der Waals surface area contributed by atoms with Gasteiger partial charge in [0.15, 0.2) is 0 Å². The van der Waals surface area contributed by atoms with Gasteiger partial charge in [-0.3, -0.25) is 9.69 Å². The summed E-state index contributed by atoms with van der Waals surface area (Å²) in [5, 5.41) is 0. The smallest absolute Gasteiger partial charge is 0.258 e. The van der Waals surface area contributed by atoms with Gasteiger partial charge in [0.1, 0.15) is 11.5 Å². The Morgan fingerprint density at radius 1 is 1.25 bits per heavy atom. The molecule has 0 spiro atoms. The number of aromatic amines is 1. The first-order chi connectivity index (χ1) is 13.7. The predicted molar refractivity (Wildman–Crippen MR) is 108 cm³/mol.